The number of hydrogen-bond acceptors (Lipinski definition) is 3. The van der Waals surface area contributed by atoms with Gasteiger partial charge in [0.25, 0.3) is 0 Å². The molecule has 2 aromatic rings. The first kappa shape index (κ1) is 18.2. The minimum Gasteiger partial charge on any atom is -0.325 e. The van der Waals surface area contributed by atoms with Gasteiger partial charge in [-0.25, -0.2) is 0 Å². The molecule has 2 rings (SSSR count). The Balaban J connectivity index is 2.18. The third-order valence-electron chi connectivity index (χ3n) is 4.08. The summed E-state index contributed by atoms with van der Waals surface area (Å²) in [5, 5.41) is 14.6. The molecule has 0 bridgehead atoms. The summed E-state index contributed by atoms with van der Waals surface area (Å²) < 4.78 is 0. The predicted octanol–water partition coefficient (Wildman–Crippen LogP) is 3.72. The number of anilines is 2. The maximum Gasteiger partial charge on any atom is 0.239 e. The van der Waals surface area contributed by atoms with Crippen molar-refractivity contribution in [3.05, 3.63) is 59.7 Å². The molecule has 5 nitrogen and oxygen atoms in total. The van der Waals surface area contributed by atoms with Crippen LogP contribution in [0.25, 0.3) is 0 Å². The van der Waals surface area contributed by atoms with Gasteiger partial charge in [-0.15, -0.1) is 0 Å². The van der Waals surface area contributed by atoms with Gasteiger partial charge in [0.05, 0.1) is 11.3 Å². The van der Waals surface area contributed by atoms with Gasteiger partial charge in [-0.05, 0) is 44.0 Å². The van der Waals surface area contributed by atoms with Crippen LogP contribution in [0.1, 0.15) is 31.9 Å². The summed E-state index contributed by atoms with van der Waals surface area (Å²) in [5.41, 5.74) is 1.15. The molecular formula is C20H21N3O2. The molecule has 128 valence electrons. The van der Waals surface area contributed by atoms with Crippen molar-refractivity contribution in [1.29, 1.82) is 5.26 Å². The summed E-state index contributed by atoms with van der Waals surface area (Å²) in [6.45, 7) is 5.12. The number of carbonyl (C=O) groups is 2. The molecule has 2 amide bonds. The average Bonchev–Trinajstić information content (AvgIpc) is 2.62. The number of nitrogens with zero attached hydrogens (tertiary/aromatic N) is 1. The summed E-state index contributed by atoms with van der Waals surface area (Å²) in [6.07, 6.45) is 0.776. The van der Waals surface area contributed by atoms with Crippen molar-refractivity contribution >= 4 is 23.2 Å². The number of nitrogens with one attached hydrogen (secondary N) is 2. The smallest absolute Gasteiger partial charge is 0.239 e. The SMILES string of the molecule is CCc1ccccc1NC(=O)C(C)(C)C(=O)Nc1ccccc1C#N. The minimum absolute atomic E-state index is 0.350. The van der Waals surface area contributed by atoms with Gasteiger partial charge in [-0.2, -0.15) is 5.26 Å². The number of rotatable bonds is 5. The van der Waals surface area contributed by atoms with Crippen molar-refractivity contribution in [3.63, 3.8) is 0 Å². The zero-order valence-corrected chi connectivity index (χ0v) is 14.6. The lowest BCUT2D eigenvalue weighted by Gasteiger charge is -2.23. The van der Waals surface area contributed by atoms with Crippen molar-refractivity contribution in [2.45, 2.75) is 27.2 Å². The number of amides is 2. The van der Waals surface area contributed by atoms with Crippen molar-refractivity contribution < 1.29 is 9.59 Å². The molecular weight excluding hydrogens is 314 g/mol. The van der Waals surface area contributed by atoms with Crippen molar-refractivity contribution in [2.75, 3.05) is 10.6 Å². The quantitative estimate of drug-likeness (QED) is 0.817. The van der Waals surface area contributed by atoms with E-state index in [1.54, 1.807) is 38.1 Å². The number of hydrogen-bond donors (Lipinski definition) is 2. The Morgan fingerprint density at radius 3 is 2.08 bits per heavy atom. The van der Waals surface area contributed by atoms with Crippen LogP contribution >= 0.6 is 0 Å². The Bertz CT molecular complexity index is 835. The van der Waals surface area contributed by atoms with Crippen LogP contribution in [0.3, 0.4) is 0 Å². The molecule has 2 aromatic carbocycles. The normalized spacial score (nSPS) is 10.6. The molecule has 0 heterocycles. The van der Waals surface area contributed by atoms with E-state index in [1.165, 1.54) is 0 Å². The van der Waals surface area contributed by atoms with E-state index in [9.17, 15) is 9.59 Å². The van der Waals surface area contributed by atoms with E-state index in [0.717, 1.165) is 12.0 Å². The van der Waals surface area contributed by atoms with E-state index in [-0.39, 0.29) is 0 Å². The second-order valence-electron chi connectivity index (χ2n) is 6.20. The summed E-state index contributed by atoms with van der Waals surface area (Å²) in [5.74, 6) is -0.873. The first-order valence-electron chi connectivity index (χ1n) is 8.10. The molecule has 0 aliphatic rings. The molecule has 0 unspecified atom stereocenters. The van der Waals surface area contributed by atoms with Gasteiger partial charge < -0.3 is 10.6 Å². The van der Waals surface area contributed by atoms with E-state index >= 15 is 0 Å². The van der Waals surface area contributed by atoms with Crippen LogP contribution in [-0.2, 0) is 16.0 Å². The first-order valence-corrected chi connectivity index (χ1v) is 8.10. The Morgan fingerprint density at radius 1 is 0.960 bits per heavy atom. The first-order chi connectivity index (χ1) is 11.9. The van der Waals surface area contributed by atoms with Gasteiger partial charge >= 0.3 is 0 Å². The number of carbonyl (C=O) groups excluding carboxylic acids is 2. The zero-order valence-electron chi connectivity index (χ0n) is 14.6. The second-order valence-corrected chi connectivity index (χ2v) is 6.20. The van der Waals surface area contributed by atoms with Crippen LogP contribution in [-0.4, -0.2) is 11.8 Å². The average molecular weight is 335 g/mol. The van der Waals surface area contributed by atoms with Gasteiger partial charge in [0.1, 0.15) is 11.5 Å². The highest BCUT2D eigenvalue weighted by Gasteiger charge is 2.36. The van der Waals surface area contributed by atoms with Crippen molar-refractivity contribution in [1.82, 2.24) is 0 Å². The topological polar surface area (TPSA) is 82.0 Å². The van der Waals surface area contributed by atoms with Gasteiger partial charge in [0.2, 0.25) is 11.8 Å². The molecule has 0 aliphatic heterocycles. The Morgan fingerprint density at radius 2 is 1.48 bits per heavy atom. The highest BCUT2D eigenvalue weighted by atomic mass is 16.2. The largest absolute Gasteiger partial charge is 0.325 e. The second kappa shape index (κ2) is 7.63. The zero-order chi connectivity index (χ0) is 18.4. The third-order valence-corrected chi connectivity index (χ3v) is 4.08. The Kier molecular flexibility index (Phi) is 5.56. The van der Waals surface area contributed by atoms with Crippen LogP contribution in [0.4, 0.5) is 11.4 Å². The fourth-order valence-electron chi connectivity index (χ4n) is 2.30. The maximum atomic E-state index is 12.7. The van der Waals surface area contributed by atoms with Crippen molar-refractivity contribution in [3.8, 4) is 6.07 Å². The fraction of sp³-hybridized carbons (Fsp3) is 0.250. The van der Waals surface area contributed by atoms with Crippen LogP contribution in [0.2, 0.25) is 0 Å². The molecule has 25 heavy (non-hydrogen) atoms. The number of nitriles is 1. The van der Waals surface area contributed by atoms with Crippen LogP contribution in [0, 0.1) is 16.7 Å². The van der Waals surface area contributed by atoms with Crippen LogP contribution < -0.4 is 10.6 Å². The van der Waals surface area contributed by atoms with Gasteiger partial charge in [-0.3, -0.25) is 9.59 Å². The van der Waals surface area contributed by atoms with Crippen LogP contribution in [0.15, 0.2) is 48.5 Å². The molecule has 0 aliphatic carbocycles. The van der Waals surface area contributed by atoms with E-state index < -0.39 is 17.2 Å². The monoisotopic (exact) mass is 335 g/mol. The summed E-state index contributed by atoms with van der Waals surface area (Å²) >= 11 is 0. The Labute approximate surface area is 147 Å². The molecule has 0 spiro atoms. The van der Waals surface area contributed by atoms with Gasteiger partial charge in [-0.1, -0.05) is 37.3 Å². The molecule has 0 aromatic heterocycles. The number of benzene rings is 2. The lowest BCUT2D eigenvalue weighted by molar-refractivity contribution is -0.135. The summed E-state index contributed by atoms with van der Waals surface area (Å²) in [4.78, 5) is 25.3. The van der Waals surface area contributed by atoms with E-state index in [4.69, 9.17) is 5.26 Å². The minimum atomic E-state index is -1.30. The number of aryl methyl sites for hydroxylation is 1. The predicted molar refractivity (Wildman–Crippen MR) is 98.0 cm³/mol. The maximum absolute atomic E-state index is 12.7. The Hall–Kier alpha value is -3.13. The van der Waals surface area contributed by atoms with E-state index in [2.05, 4.69) is 10.6 Å². The number of para-hydroxylation sites is 2. The third kappa shape index (κ3) is 4.04. The summed E-state index contributed by atoms with van der Waals surface area (Å²) in [7, 11) is 0. The van der Waals surface area contributed by atoms with E-state index in [0.29, 0.717) is 16.9 Å². The summed E-state index contributed by atoms with van der Waals surface area (Å²) in [6, 6.07) is 16.2. The molecule has 0 fully saturated rings. The highest BCUT2D eigenvalue weighted by molar-refractivity contribution is 6.14. The molecule has 0 radical (unpaired) electrons. The van der Waals surface area contributed by atoms with Gasteiger partial charge in [0.15, 0.2) is 0 Å². The molecule has 5 heteroatoms. The van der Waals surface area contributed by atoms with Crippen LogP contribution in [0.5, 0.6) is 0 Å². The van der Waals surface area contributed by atoms with Gasteiger partial charge in [0, 0.05) is 5.69 Å². The lowest BCUT2D eigenvalue weighted by atomic mass is 9.90. The van der Waals surface area contributed by atoms with E-state index in [1.807, 2.05) is 37.3 Å². The highest BCUT2D eigenvalue weighted by Crippen LogP contribution is 2.24. The lowest BCUT2D eigenvalue weighted by Crippen LogP contribution is -2.41. The van der Waals surface area contributed by atoms with Crippen molar-refractivity contribution in [2.24, 2.45) is 5.41 Å². The molecule has 0 saturated heterocycles. The molecule has 0 saturated carbocycles. The standard InChI is InChI=1S/C20H21N3O2/c1-4-14-9-5-7-11-16(14)22-18(24)20(2,3)19(25)23-17-12-8-6-10-15(17)13-21/h5-12H,4H2,1-3H3,(H,22,24)(H,23,25). The molecule has 0 atom stereocenters. The molecule has 2 N–H and O–H groups in total. The fourth-order valence-corrected chi connectivity index (χ4v) is 2.30.